The van der Waals surface area contributed by atoms with Gasteiger partial charge in [-0.1, -0.05) is 0 Å². The predicted molar refractivity (Wildman–Crippen MR) is 76.9 cm³/mol. The molecule has 0 heterocycles. The molecule has 0 amide bonds. The molecule has 6 fully saturated rings. The van der Waals surface area contributed by atoms with E-state index in [0.29, 0.717) is 0 Å². The fourth-order valence-electron chi connectivity index (χ4n) is 8.20. The molecule has 8 nitrogen and oxygen atoms in total. The SMILES string of the molecule is COC(=O)C12C3C4(C(=O)OC)C1C1(C(=O)OC)C2C3(C(=O)OC)C41Cl. The second kappa shape index (κ2) is 3.51. The van der Waals surface area contributed by atoms with Crippen molar-refractivity contribution >= 4 is 35.5 Å². The van der Waals surface area contributed by atoms with Crippen LogP contribution in [0.2, 0.25) is 0 Å². The van der Waals surface area contributed by atoms with E-state index in [-0.39, 0.29) is 0 Å². The summed E-state index contributed by atoms with van der Waals surface area (Å²) in [6, 6.07) is 0. The molecule has 6 aliphatic rings. The minimum Gasteiger partial charge on any atom is -0.469 e. The highest BCUT2D eigenvalue weighted by atomic mass is 35.5. The number of hydrogen-bond donors (Lipinski definition) is 0. The number of carbonyl (C=O) groups excluding carboxylic acids is 4. The monoisotopic (exact) mass is 370 g/mol. The summed E-state index contributed by atoms with van der Waals surface area (Å²) in [5.41, 5.74) is -4.83. The minimum atomic E-state index is -1.48. The van der Waals surface area contributed by atoms with Gasteiger partial charge in [-0.05, 0) is 0 Å². The van der Waals surface area contributed by atoms with E-state index in [0.717, 1.165) is 0 Å². The zero-order chi connectivity index (χ0) is 18.4. The van der Waals surface area contributed by atoms with Crippen molar-refractivity contribution in [3.63, 3.8) is 0 Å². The smallest absolute Gasteiger partial charge is 0.314 e. The molecule has 0 spiro atoms. The number of ether oxygens (including phenoxy) is 4. The van der Waals surface area contributed by atoms with Crippen LogP contribution in [0.5, 0.6) is 0 Å². The summed E-state index contributed by atoms with van der Waals surface area (Å²) in [6.45, 7) is 0. The van der Waals surface area contributed by atoms with E-state index in [1.165, 1.54) is 28.4 Å². The molecular formula is C16H15ClO8. The third kappa shape index (κ3) is 0.730. The molecule has 0 N–H and O–H groups in total. The maximum Gasteiger partial charge on any atom is 0.314 e. The Morgan fingerprint density at radius 2 is 0.920 bits per heavy atom. The Morgan fingerprint density at radius 1 is 0.640 bits per heavy atom. The highest BCUT2D eigenvalue weighted by Crippen LogP contribution is 3.21. The summed E-state index contributed by atoms with van der Waals surface area (Å²) in [5.74, 6) is -4.39. The van der Waals surface area contributed by atoms with Crippen LogP contribution in [0.15, 0.2) is 0 Å². The van der Waals surface area contributed by atoms with Gasteiger partial charge in [0.15, 0.2) is 0 Å². The van der Waals surface area contributed by atoms with Gasteiger partial charge >= 0.3 is 23.9 Å². The van der Waals surface area contributed by atoms with Gasteiger partial charge in [0.2, 0.25) is 0 Å². The summed E-state index contributed by atoms with van der Waals surface area (Å²) >= 11 is 6.83. The van der Waals surface area contributed by atoms with Crippen LogP contribution in [0, 0.1) is 39.4 Å². The van der Waals surface area contributed by atoms with E-state index >= 15 is 0 Å². The molecule has 0 unspecified atom stereocenters. The van der Waals surface area contributed by atoms with Gasteiger partial charge < -0.3 is 18.9 Å². The lowest BCUT2D eigenvalue weighted by atomic mass is 8.84. The number of halogens is 1. The molecule has 0 bridgehead atoms. The van der Waals surface area contributed by atoms with Crippen molar-refractivity contribution in [2.75, 3.05) is 28.4 Å². The van der Waals surface area contributed by atoms with Crippen molar-refractivity contribution in [3.05, 3.63) is 0 Å². The van der Waals surface area contributed by atoms with Crippen LogP contribution < -0.4 is 0 Å². The molecule has 9 heteroatoms. The van der Waals surface area contributed by atoms with Gasteiger partial charge in [-0.3, -0.25) is 19.2 Å². The lowest BCUT2D eigenvalue weighted by molar-refractivity contribution is -0.668. The molecule has 6 saturated carbocycles. The van der Waals surface area contributed by atoms with E-state index < -0.39 is 68.2 Å². The Kier molecular flexibility index (Phi) is 2.17. The molecule has 6 rings (SSSR count). The zero-order valence-electron chi connectivity index (χ0n) is 13.9. The number of methoxy groups -OCH3 is 4. The third-order valence-electron chi connectivity index (χ3n) is 7.98. The van der Waals surface area contributed by atoms with Crippen molar-refractivity contribution < 1.29 is 38.1 Å². The number of rotatable bonds is 4. The zero-order valence-corrected chi connectivity index (χ0v) is 14.6. The fraction of sp³-hybridized carbons (Fsp3) is 0.750. The Bertz CT molecular complexity index is 712. The van der Waals surface area contributed by atoms with Crippen molar-refractivity contribution in [1.29, 1.82) is 0 Å². The van der Waals surface area contributed by atoms with Gasteiger partial charge in [0.1, 0.15) is 0 Å². The average molecular weight is 371 g/mol. The molecule has 0 aliphatic heterocycles. The van der Waals surface area contributed by atoms with Crippen LogP contribution in [0.1, 0.15) is 0 Å². The van der Waals surface area contributed by atoms with Crippen LogP contribution in [0.25, 0.3) is 0 Å². The highest BCUT2D eigenvalue weighted by molar-refractivity contribution is 6.39. The third-order valence-corrected chi connectivity index (χ3v) is 8.92. The molecule has 0 aromatic carbocycles. The maximum absolute atomic E-state index is 12.6. The van der Waals surface area contributed by atoms with E-state index in [9.17, 15) is 19.2 Å². The predicted octanol–water partition coefficient (Wildman–Crippen LogP) is -0.482. The quantitative estimate of drug-likeness (QED) is 0.371. The first-order valence-corrected chi connectivity index (χ1v) is 8.18. The Morgan fingerprint density at radius 3 is 1.16 bits per heavy atom. The molecule has 0 aromatic rings. The van der Waals surface area contributed by atoms with Crippen LogP contribution in [-0.4, -0.2) is 57.2 Å². The maximum atomic E-state index is 12.6. The topological polar surface area (TPSA) is 105 Å². The van der Waals surface area contributed by atoms with Crippen LogP contribution in [-0.2, 0) is 38.1 Å². The van der Waals surface area contributed by atoms with Gasteiger partial charge in [-0.25, -0.2) is 0 Å². The molecule has 0 saturated heterocycles. The largest absolute Gasteiger partial charge is 0.469 e. The minimum absolute atomic E-state index is 0.537. The Labute approximate surface area is 147 Å². The van der Waals surface area contributed by atoms with Gasteiger partial charge in [0.05, 0.1) is 55.0 Å². The lowest BCUT2D eigenvalue weighted by Crippen LogP contribution is -3.27. The Hall–Kier alpha value is -1.83. The van der Waals surface area contributed by atoms with Crippen molar-refractivity contribution in [2.24, 2.45) is 39.4 Å². The normalized spacial score (nSPS) is 56.4. The summed E-state index contributed by atoms with van der Waals surface area (Å²) < 4.78 is 19.7. The summed E-state index contributed by atoms with van der Waals surface area (Å²) in [4.78, 5) is 48.9. The van der Waals surface area contributed by atoms with Crippen LogP contribution in [0.4, 0.5) is 0 Å². The van der Waals surface area contributed by atoms with Gasteiger partial charge in [0.25, 0.3) is 0 Å². The first-order chi connectivity index (χ1) is 11.8. The number of esters is 4. The molecule has 0 atom stereocenters. The van der Waals surface area contributed by atoms with Gasteiger partial charge in [-0.15, -0.1) is 11.6 Å². The fourth-order valence-corrected chi connectivity index (χ4v) is 9.09. The van der Waals surface area contributed by atoms with E-state index in [4.69, 9.17) is 30.5 Å². The van der Waals surface area contributed by atoms with E-state index in [1.807, 2.05) is 0 Å². The average Bonchev–Trinajstić information content (AvgIpc) is 2.64. The second-order valence-corrected chi connectivity index (χ2v) is 8.03. The standard InChI is InChI=1S/C16H15ClO8/c1-22-8(18)12-5-13(9(19)23-2)6(12)15(11(21)25-4)7(12)14(5,10(20)24-3)16(13,15)17/h5-7H,1-4H3. The van der Waals surface area contributed by atoms with Gasteiger partial charge in [0, 0.05) is 17.8 Å². The van der Waals surface area contributed by atoms with Crippen molar-refractivity contribution in [1.82, 2.24) is 0 Å². The summed E-state index contributed by atoms with van der Waals surface area (Å²) in [5, 5.41) is 0. The lowest BCUT2D eigenvalue weighted by Gasteiger charge is -3.15. The second-order valence-electron chi connectivity index (χ2n) is 7.46. The molecule has 25 heavy (non-hydrogen) atoms. The molecule has 0 aromatic heterocycles. The van der Waals surface area contributed by atoms with E-state index in [2.05, 4.69) is 0 Å². The van der Waals surface area contributed by atoms with Gasteiger partial charge in [-0.2, -0.15) is 0 Å². The number of hydrogen-bond acceptors (Lipinski definition) is 8. The molecular weight excluding hydrogens is 356 g/mol. The number of carbonyl (C=O) groups is 4. The Balaban J connectivity index is 1.74. The van der Waals surface area contributed by atoms with Crippen molar-refractivity contribution in [3.8, 4) is 0 Å². The number of alkyl halides is 1. The summed E-state index contributed by atoms with van der Waals surface area (Å²) in [7, 11) is 4.88. The van der Waals surface area contributed by atoms with Crippen LogP contribution in [0.3, 0.4) is 0 Å². The van der Waals surface area contributed by atoms with Crippen LogP contribution >= 0.6 is 11.6 Å². The molecule has 6 aliphatic carbocycles. The van der Waals surface area contributed by atoms with E-state index in [1.54, 1.807) is 0 Å². The molecule has 0 radical (unpaired) electrons. The first-order valence-electron chi connectivity index (χ1n) is 7.80. The summed E-state index contributed by atoms with van der Waals surface area (Å²) in [6.07, 6.45) is 0. The molecule has 134 valence electrons. The van der Waals surface area contributed by atoms with Crippen molar-refractivity contribution in [2.45, 2.75) is 4.87 Å². The first kappa shape index (κ1) is 15.4. The highest BCUT2D eigenvalue weighted by Gasteiger charge is 3.32.